The number of hydrogen-bond donors (Lipinski definition) is 2. The molecular weight excluding hydrogens is 394 g/mol. The number of aliphatic hydroxyl groups excluding tert-OH is 1. The van der Waals surface area contributed by atoms with Gasteiger partial charge in [-0.3, -0.25) is 5.32 Å². The Kier molecular flexibility index (Phi) is 4.72. The first-order valence-electron chi connectivity index (χ1n) is 9.97. The predicted octanol–water partition coefficient (Wildman–Crippen LogP) is 1.92. The number of aliphatic hydroxyl groups is 1. The van der Waals surface area contributed by atoms with Crippen molar-refractivity contribution in [2.75, 3.05) is 56.7 Å². The van der Waals surface area contributed by atoms with E-state index in [2.05, 4.69) is 20.2 Å². The van der Waals surface area contributed by atoms with Gasteiger partial charge in [-0.05, 0) is 24.7 Å². The molecule has 5 rings (SSSR count). The Morgan fingerprint density at radius 3 is 2.90 bits per heavy atom. The van der Waals surface area contributed by atoms with Gasteiger partial charge in [0.05, 0.1) is 29.8 Å². The van der Waals surface area contributed by atoms with Crippen LogP contribution in [-0.4, -0.2) is 78.6 Å². The number of ether oxygens (including phenoxy) is 2. The van der Waals surface area contributed by atoms with Gasteiger partial charge in [0.2, 0.25) is 5.88 Å². The molecule has 3 fully saturated rings. The highest BCUT2D eigenvalue weighted by Crippen LogP contribution is 2.41. The van der Waals surface area contributed by atoms with E-state index in [1.54, 1.807) is 13.3 Å². The van der Waals surface area contributed by atoms with Crippen LogP contribution in [0.4, 0.5) is 15.6 Å². The molecule has 5 heterocycles. The van der Waals surface area contributed by atoms with E-state index >= 15 is 0 Å². The molecule has 0 bridgehead atoms. The number of nitrogens with one attached hydrogen (secondary N) is 1. The Balaban J connectivity index is 1.35. The number of hydrogen-bond acceptors (Lipinski definition) is 8. The lowest BCUT2D eigenvalue weighted by atomic mass is 9.80. The summed E-state index contributed by atoms with van der Waals surface area (Å²) in [4.78, 5) is 25.7. The third-order valence-corrected chi connectivity index (χ3v) is 7.25. The second-order valence-corrected chi connectivity index (χ2v) is 9.12. The first-order chi connectivity index (χ1) is 14.1. The molecule has 0 aromatic carbocycles. The number of rotatable bonds is 3. The second-order valence-electron chi connectivity index (χ2n) is 8.12. The topological polar surface area (TPSA) is 100 Å². The fourth-order valence-electron chi connectivity index (χ4n) is 4.45. The maximum Gasteiger partial charge on any atom is 0.323 e. The lowest BCUT2D eigenvalue weighted by Gasteiger charge is -2.37. The van der Waals surface area contributed by atoms with Gasteiger partial charge in [0, 0.05) is 39.4 Å². The number of fused-ring (bicyclic) bond motifs is 1. The van der Waals surface area contributed by atoms with Crippen molar-refractivity contribution in [3.8, 4) is 5.88 Å². The van der Waals surface area contributed by atoms with Gasteiger partial charge in [-0.1, -0.05) is 11.3 Å². The average molecular weight is 420 g/mol. The summed E-state index contributed by atoms with van der Waals surface area (Å²) in [6, 6.07) is -0.111. The molecule has 2 aromatic rings. The Hall–Kier alpha value is -2.17. The molecular formula is C19H25N5O4S. The number of carbonyl (C=O) groups excluding carboxylic acids is 1. The normalized spacial score (nSPS) is 21.6. The predicted molar refractivity (Wildman–Crippen MR) is 110 cm³/mol. The molecule has 0 unspecified atom stereocenters. The van der Waals surface area contributed by atoms with Crippen LogP contribution >= 0.6 is 11.3 Å². The molecule has 3 aliphatic heterocycles. The van der Waals surface area contributed by atoms with E-state index in [1.807, 2.05) is 4.90 Å². The maximum atomic E-state index is 12.9. The van der Waals surface area contributed by atoms with E-state index in [-0.39, 0.29) is 17.6 Å². The van der Waals surface area contributed by atoms with Crippen LogP contribution in [0.25, 0.3) is 10.2 Å². The zero-order valence-corrected chi connectivity index (χ0v) is 17.2. The Morgan fingerprint density at radius 2 is 2.17 bits per heavy atom. The van der Waals surface area contributed by atoms with Crippen molar-refractivity contribution in [2.45, 2.75) is 25.4 Å². The number of nitrogens with zero attached hydrogens (tertiary/aromatic N) is 4. The number of anilines is 2. The van der Waals surface area contributed by atoms with Crippen LogP contribution < -0.4 is 15.0 Å². The fraction of sp³-hybridized carbons (Fsp3) is 0.632. The third kappa shape index (κ3) is 3.38. The molecule has 156 valence electrons. The molecule has 10 heteroatoms. The number of thiazole rings is 1. The lowest BCUT2D eigenvalue weighted by molar-refractivity contribution is 0.0211. The van der Waals surface area contributed by atoms with Crippen LogP contribution in [0.15, 0.2) is 6.20 Å². The summed E-state index contributed by atoms with van der Waals surface area (Å²) in [6.07, 6.45) is 4.50. The summed E-state index contributed by atoms with van der Waals surface area (Å²) < 4.78 is 11.8. The lowest BCUT2D eigenvalue weighted by Crippen LogP contribution is -2.50. The monoisotopic (exact) mass is 419 g/mol. The SMILES string of the molecule is COc1ncc(N2CC(O)C2)c2sc(NC(=O)N3CCC4(CCOCC4)C3)nc12. The zero-order valence-electron chi connectivity index (χ0n) is 16.4. The van der Waals surface area contributed by atoms with Crippen molar-refractivity contribution in [3.05, 3.63) is 6.20 Å². The molecule has 3 aliphatic rings. The summed E-state index contributed by atoms with van der Waals surface area (Å²) in [6.45, 7) is 4.25. The molecule has 3 saturated heterocycles. The molecule has 2 aromatic heterocycles. The third-order valence-electron chi connectivity index (χ3n) is 6.26. The molecule has 0 radical (unpaired) electrons. The first-order valence-corrected chi connectivity index (χ1v) is 10.8. The molecule has 2 amide bonds. The van der Waals surface area contributed by atoms with Crippen LogP contribution in [0.5, 0.6) is 5.88 Å². The highest BCUT2D eigenvalue weighted by Gasteiger charge is 2.41. The summed E-state index contributed by atoms with van der Waals surface area (Å²) in [5.74, 6) is 0.434. The van der Waals surface area contributed by atoms with Crippen LogP contribution in [0.2, 0.25) is 0 Å². The van der Waals surface area contributed by atoms with Gasteiger partial charge in [-0.2, -0.15) is 0 Å². The van der Waals surface area contributed by atoms with E-state index in [9.17, 15) is 9.90 Å². The average Bonchev–Trinajstić information content (AvgIpc) is 3.30. The minimum Gasteiger partial charge on any atom is -0.479 e. The number of carbonyl (C=O) groups is 1. The summed E-state index contributed by atoms with van der Waals surface area (Å²) >= 11 is 1.41. The smallest absolute Gasteiger partial charge is 0.323 e. The Bertz CT molecular complexity index is 923. The van der Waals surface area contributed by atoms with Crippen LogP contribution in [-0.2, 0) is 4.74 Å². The quantitative estimate of drug-likeness (QED) is 0.784. The van der Waals surface area contributed by atoms with Crippen LogP contribution in [0.1, 0.15) is 19.3 Å². The Labute approximate surface area is 172 Å². The number of likely N-dealkylation sites (tertiary alicyclic amines) is 1. The van der Waals surface area contributed by atoms with Crippen LogP contribution in [0, 0.1) is 5.41 Å². The van der Waals surface area contributed by atoms with E-state index < -0.39 is 0 Å². The largest absolute Gasteiger partial charge is 0.479 e. The fourth-order valence-corrected chi connectivity index (χ4v) is 5.43. The van der Waals surface area contributed by atoms with E-state index in [0.29, 0.717) is 29.6 Å². The van der Waals surface area contributed by atoms with Crippen molar-refractivity contribution in [1.29, 1.82) is 0 Å². The van der Waals surface area contributed by atoms with Crippen molar-refractivity contribution in [1.82, 2.24) is 14.9 Å². The van der Waals surface area contributed by atoms with Gasteiger partial charge in [0.15, 0.2) is 5.13 Å². The number of urea groups is 1. The molecule has 0 aliphatic carbocycles. The molecule has 1 spiro atoms. The van der Waals surface area contributed by atoms with Gasteiger partial charge in [0.25, 0.3) is 0 Å². The highest BCUT2D eigenvalue weighted by atomic mass is 32.1. The number of amides is 2. The number of aromatic nitrogens is 2. The van der Waals surface area contributed by atoms with Gasteiger partial charge >= 0.3 is 6.03 Å². The summed E-state index contributed by atoms with van der Waals surface area (Å²) in [5, 5.41) is 13.1. The van der Waals surface area contributed by atoms with Gasteiger partial charge < -0.3 is 24.4 Å². The number of β-amino-alcohol motifs (C(OH)–C–C–N with tert-alkyl or cyclic N) is 1. The second kappa shape index (κ2) is 7.26. The van der Waals surface area contributed by atoms with Crippen molar-refractivity contribution in [3.63, 3.8) is 0 Å². The van der Waals surface area contributed by atoms with Gasteiger partial charge in [-0.25, -0.2) is 14.8 Å². The molecule has 0 atom stereocenters. The minimum atomic E-state index is -0.313. The van der Waals surface area contributed by atoms with E-state index in [1.165, 1.54) is 11.3 Å². The number of methoxy groups -OCH3 is 1. The standard InChI is InChI=1S/C19H25N5O4S/c1-27-16-14-15(13(8-20-16)24-9-12(25)10-24)29-17(21-14)22-18(26)23-5-2-19(11-23)3-6-28-7-4-19/h8,12,25H,2-7,9-11H2,1H3,(H,21,22,26). The van der Waals surface area contributed by atoms with Gasteiger partial charge in [-0.15, -0.1) is 0 Å². The van der Waals surface area contributed by atoms with E-state index in [4.69, 9.17) is 9.47 Å². The minimum absolute atomic E-state index is 0.111. The van der Waals surface area contributed by atoms with Crippen molar-refractivity contribution in [2.24, 2.45) is 5.41 Å². The zero-order chi connectivity index (χ0) is 20.0. The molecule has 9 nitrogen and oxygen atoms in total. The Morgan fingerprint density at radius 1 is 1.38 bits per heavy atom. The van der Waals surface area contributed by atoms with Gasteiger partial charge in [0.1, 0.15) is 5.52 Å². The summed E-state index contributed by atoms with van der Waals surface area (Å²) in [7, 11) is 1.56. The van der Waals surface area contributed by atoms with Crippen molar-refractivity contribution >= 4 is 38.4 Å². The maximum absolute atomic E-state index is 12.9. The van der Waals surface area contributed by atoms with E-state index in [0.717, 1.165) is 56.0 Å². The highest BCUT2D eigenvalue weighted by molar-refractivity contribution is 7.23. The van der Waals surface area contributed by atoms with Crippen LogP contribution in [0.3, 0.4) is 0 Å². The number of pyridine rings is 1. The molecule has 29 heavy (non-hydrogen) atoms. The molecule has 2 N–H and O–H groups in total. The summed E-state index contributed by atoms with van der Waals surface area (Å²) in [5.41, 5.74) is 1.75. The molecule has 0 saturated carbocycles. The first kappa shape index (κ1) is 18.8. The van der Waals surface area contributed by atoms with Crippen molar-refractivity contribution < 1.29 is 19.4 Å².